The maximum Gasteiger partial charge on any atom is 0.416 e. The first-order chi connectivity index (χ1) is 23.7. The Hall–Kier alpha value is -3.97. The third kappa shape index (κ3) is 8.31. The highest BCUT2D eigenvalue weighted by Gasteiger charge is 2.41. The van der Waals surface area contributed by atoms with Gasteiger partial charge in [-0.25, -0.2) is 14.8 Å². The largest absolute Gasteiger partial charge is 0.439 e. The minimum atomic E-state index is -4.49. The Kier molecular flexibility index (Phi) is 11.6. The molecule has 1 aliphatic heterocycles. The molecule has 0 bridgehead atoms. The lowest BCUT2D eigenvalue weighted by atomic mass is 9.94. The van der Waals surface area contributed by atoms with E-state index in [2.05, 4.69) is 31.0 Å². The van der Waals surface area contributed by atoms with Gasteiger partial charge in [-0.15, -0.1) is 0 Å². The number of amides is 1. The second-order valence-corrected chi connectivity index (χ2v) is 14.0. The van der Waals surface area contributed by atoms with Crippen molar-refractivity contribution in [3.05, 3.63) is 91.6 Å². The van der Waals surface area contributed by atoms with E-state index < -0.39 is 30.0 Å². The van der Waals surface area contributed by atoms with Gasteiger partial charge in [0.25, 0.3) is 0 Å². The highest BCUT2D eigenvalue weighted by atomic mass is 79.9. The minimum absolute atomic E-state index is 0.199. The average Bonchev–Trinajstić information content (AvgIpc) is 3.57. The van der Waals surface area contributed by atoms with Crippen LogP contribution in [0.3, 0.4) is 0 Å². The molecule has 3 aromatic heterocycles. The van der Waals surface area contributed by atoms with E-state index in [-0.39, 0.29) is 11.7 Å². The number of aromatic nitrogens is 3. The lowest BCUT2D eigenvalue weighted by Gasteiger charge is -2.34. The van der Waals surface area contributed by atoms with Crippen LogP contribution in [0, 0.1) is 20.8 Å². The van der Waals surface area contributed by atoms with Crippen molar-refractivity contribution in [2.45, 2.75) is 90.7 Å². The monoisotopic (exact) mass is 775 g/mol. The van der Waals surface area contributed by atoms with E-state index in [0.717, 1.165) is 70.5 Å². The van der Waals surface area contributed by atoms with Gasteiger partial charge < -0.3 is 14.2 Å². The Morgan fingerprint density at radius 3 is 2.40 bits per heavy atom. The van der Waals surface area contributed by atoms with Crippen molar-refractivity contribution in [2.24, 2.45) is 0 Å². The zero-order valence-electron chi connectivity index (χ0n) is 28.4. The molecule has 14 heteroatoms. The Balaban J connectivity index is 0.000000418. The molecular weight excluding hydrogens is 739 g/mol. The molecule has 6 rings (SSSR count). The number of hydrogen-bond donors (Lipinski definition) is 0. The molecule has 2 atom stereocenters. The number of cyclic esters (lactones) is 1. The van der Waals surface area contributed by atoms with E-state index >= 15 is 0 Å². The van der Waals surface area contributed by atoms with E-state index in [0.29, 0.717) is 34.8 Å². The van der Waals surface area contributed by atoms with E-state index in [1.54, 1.807) is 30.9 Å². The lowest BCUT2D eigenvalue weighted by Crippen LogP contribution is -2.36. The molecule has 1 saturated carbocycles. The summed E-state index contributed by atoms with van der Waals surface area (Å²) in [5.41, 5.74) is 3.69. The van der Waals surface area contributed by atoms with Gasteiger partial charge in [0.2, 0.25) is 0 Å². The van der Waals surface area contributed by atoms with Crippen LogP contribution < -0.4 is 4.90 Å². The van der Waals surface area contributed by atoms with Crippen molar-refractivity contribution in [3.63, 3.8) is 0 Å². The average molecular weight is 777 g/mol. The topological polar surface area (TPSA) is 102 Å². The van der Waals surface area contributed by atoms with Gasteiger partial charge in [0, 0.05) is 46.6 Å². The summed E-state index contributed by atoms with van der Waals surface area (Å²) in [7, 11) is 2.04. The number of pyridine rings is 2. The predicted octanol–water partition coefficient (Wildman–Crippen LogP) is 9.84. The van der Waals surface area contributed by atoms with Crippen molar-refractivity contribution in [3.8, 4) is 11.1 Å². The van der Waals surface area contributed by atoms with Crippen LogP contribution >= 0.6 is 27.5 Å². The molecule has 1 amide bonds. The summed E-state index contributed by atoms with van der Waals surface area (Å²) in [5.74, 6) is 1.45. The number of anilines is 1. The number of carbonyl (C=O) groups excluding carboxylic acids is 2. The van der Waals surface area contributed by atoms with Crippen LogP contribution in [0.15, 0.2) is 51.7 Å². The maximum atomic E-state index is 13.5. The molecule has 4 heterocycles. The van der Waals surface area contributed by atoms with Gasteiger partial charge in [0.05, 0.1) is 29.4 Å². The van der Waals surface area contributed by atoms with Crippen LogP contribution in [-0.4, -0.2) is 51.5 Å². The number of aryl methyl sites for hydroxylation is 3. The molecule has 9 nitrogen and oxygen atoms in total. The first-order valence-corrected chi connectivity index (χ1v) is 17.4. The fourth-order valence-corrected chi connectivity index (χ4v) is 7.11. The Bertz CT molecular complexity index is 1840. The summed E-state index contributed by atoms with van der Waals surface area (Å²) < 4.78 is 52.4. The highest BCUT2D eigenvalue weighted by molar-refractivity contribution is 9.10. The second kappa shape index (κ2) is 15.5. The number of aldehydes is 1. The maximum absolute atomic E-state index is 13.5. The molecule has 2 fully saturated rings. The highest BCUT2D eigenvalue weighted by Crippen LogP contribution is 2.39. The number of carbonyl (C=O) groups is 2. The number of ether oxygens (including phenoxy) is 1. The number of nitrogens with zero attached hydrogens (tertiary/aromatic N) is 5. The SMILES string of the molecule is Cc1cc([C@H]2OC(=O)N(Cc3cc(-c4c(C)noc4C)cnc3N(C)C3CCCCC3)[C@H]2C)cc(C(F)(F)F)c1.O=Cc1cc(Br)cnc1Cl. The zero-order valence-corrected chi connectivity index (χ0v) is 30.7. The number of rotatable bonds is 7. The van der Waals surface area contributed by atoms with Gasteiger partial charge in [-0.2, -0.15) is 13.2 Å². The summed E-state index contributed by atoms with van der Waals surface area (Å²) in [5, 5.41) is 4.31. The Labute approximate surface area is 302 Å². The van der Waals surface area contributed by atoms with Gasteiger partial charge in [0.15, 0.2) is 6.29 Å². The summed E-state index contributed by atoms with van der Waals surface area (Å²) in [6.45, 7) is 7.33. The lowest BCUT2D eigenvalue weighted by molar-refractivity contribution is -0.137. The summed E-state index contributed by atoms with van der Waals surface area (Å²) in [4.78, 5) is 35.8. The molecule has 2 aliphatic rings. The van der Waals surface area contributed by atoms with Gasteiger partial charge >= 0.3 is 12.3 Å². The summed E-state index contributed by atoms with van der Waals surface area (Å²) in [6, 6.07) is 7.29. The molecule has 50 heavy (non-hydrogen) atoms. The molecule has 1 aliphatic carbocycles. The van der Waals surface area contributed by atoms with Crippen molar-refractivity contribution in [2.75, 3.05) is 11.9 Å². The van der Waals surface area contributed by atoms with Gasteiger partial charge in [-0.3, -0.25) is 9.69 Å². The normalized spacial score (nSPS) is 18.0. The van der Waals surface area contributed by atoms with Crippen LogP contribution in [-0.2, 0) is 17.5 Å². The molecule has 0 spiro atoms. The molecule has 266 valence electrons. The fraction of sp³-hybridized carbons (Fsp3) is 0.417. The van der Waals surface area contributed by atoms with E-state index in [1.165, 1.54) is 12.6 Å². The Morgan fingerprint density at radius 1 is 1.06 bits per heavy atom. The first-order valence-electron chi connectivity index (χ1n) is 16.2. The van der Waals surface area contributed by atoms with Gasteiger partial charge in [-0.1, -0.05) is 47.6 Å². The van der Waals surface area contributed by atoms with Crippen molar-refractivity contribution in [1.29, 1.82) is 0 Å². The quantitative estimate of drug-likeness (QED) is 0.135. The molecule has 0 N–H and O–H groups in total. The second-order valence-electron chi connectivity index (χ2n) is 12.8. The molecule has 0 radical (unpaired) electrons. The van der Waals surface area contributed by atoms with Crippen molar-refractivity contribution >= 4 is 45.7 Å². The number of alkyl halides is 3. The van der Waals surface area contributed by atoms with E-state index in [1.807, 2.05) is 33.2 Å². The zero-order chi connectivity index (χ0) is 36.3. The standard InChI is InChI=1S/C30H35F3N4O3.C6H3BrClNO/c1-17-11-21(14-24(12-17)30(31,32)33)27-19(3)37(29(38)39-27)16-23-13-22(26-18(2)35-40-20(26)4)15-34-28(23)36(5)25-9-7-6-8-10-25;7-5-1-4(3-10)6(8)9-2-5/h11-15,19,25,27H,6-10,16H2,1-5H3;1-3H/t19-,27-;/m0./s1. The van der Waals surface area contributed by atoms with Gasteiger partial charge in [-0.05, 0) is 86.3 Å². The number of hydrogen-bond acceptors (Lipinski definition) is 8. The molecule has 1 aromatic carbocycles. The van der Waals surface area contributed by atoms with Crippen molar-refractivity contribution in [1.82, 2.24) is 20.0 Å². The molecular formula is C36H38BrClF3N5O4. The van der Waals surface area contributed by atoms with Crippen LogP contribution in [0.4, 0.5) is 23.8 Å². The summed E-state index contributed by atoms with van der Waals surface area (Å²) in [6.07, 6.45) is 3.82. The fourth-order valence-electron chi connectivity index (χ4n) is 6.61. The first kappa shape index (κ1) is 37.3. The van der Waals surface area contributed by atoms with E-state index in [9.17, 15) is 22.8 Å². The Morgan fingerprint density at radius 2 is 1.78 bits per heavy atom. The van der Waals surface area contributed by atoms with Gasteiger partial charge in [0.1, 0.15) is 22.8 Å². The minimum Gasteiger partial charge on any atom is -0.439 e. The predicted molar refractivity (Wildman–Crippen MR) is 187 cm³/mol. The third-order valence-corrected chi connectivity index (χ3v) is 9.92. The van der Waals surface area contributed by atoms with Crippen molar-refractivity contribution < 1.29 is 32.0 Å². The van der Waals surface area contributed by atoms with Crippen LogP contribution in [0.25, 0.3) is 11.1 Å². The summed E-state index contributed by atoms with van der Waals surface area (Å²) >= 11 is 8.69. The molecule has 1 saturated heterocycles. The van der Waals surface area contributed by atoms with Crippen LogP contribution in [0.2, 0.25) is 5.15 Å². The number of halogens is 5. The van der Waals surface area contributed by atoms with Crippen LogP contribution in [0.5, 0.6) is 0 Å². The number of benzene rings is 1. The van der Waals surface area contributed by atoms with E-state index in [4.69, 9.17) is 25.8 Å². The molecule has 0 unspecified atom stereocenters. The molecule has 4 aromatic rings. The third-order valence-electron chi connectivity index (χ3n) is 9.17. The smallest absolute Gasteiger partial charge is 0.416 e. The van der Waals surface area contributed by atoms with Crippen LogP contribution in [0.1, 0.15) is 89.2 Å².